The van der Waals surface area contributed by atoms with Crippen LogP contribution in [0.25, 0.3) is 6.08 Å². The fraction of sp³-hybridized carbons (Fsp3) is 0.692. The number of hydrogen-bond acceptors (Lipinski definition) is 0. The lowest BCUT2D eigenvalue weighted by molar-refractivity contribution is 0.143. The molecule has 144 valence electrons. The second-order valence-electron chi connectivity index (χ2n) is 9.04. The van der Waals surface area contributed by atoms with Crippen LogP contribution in [-0.4, -0.2) is 0 Å². The minimum absolute atomic E-state index is 0.991. The number of benzene rings is 1. The molecule has 26 heavy (non-hydrogen) atoms. The first-order chi connectivity index (χ1) is 12.8. The van der Waals surface area contributed by atoms with Gasteiger partial charge in [0.1, 0.15) is 0 Å². The Morgan fingerprint density at radius 1 is 0.769 bits per heavy atom. The number of aryl methyl sites for hydroxylation is 1. The van der Waals surface area contributed by atoms with Gasteiger partial charge < -0.3 is 0 Å². The molecule has 0 heterocycles. The number of rotatable bonds is 7. The van der Waals surface area contributed by atoms with Gasteiger partial charge in [0.05, 0.1) is 0 Å². The molecule has 0 aliphatic heterocycles. The third-order valence-electron chi connectivity index (χ3n) is 7.47. The highest BCUT2D eigenvalue weighted by molar-refractivity contribution is 5.49. The monoisotopic (exact) mass is 352 g/mol. The Bertz CT molecular complexity index is 522. The van der Waals surface area contributed by atoms with E-state index in [9.17, 15) is 0 Å². The molecule has 1 aromatic rings. The van der Waals surface area contributed by atoms with Gasteiger partial charge in [0.15, 0.2) is 0 Å². The molecule has 0 unspecified atom stereocenters. The summed E-state index contributed by atoms with van der Waals surface area (Å²) < 4.78 is 0. The van der Waals surface area contributed by atoms with Gasteiger partial charge in [-0.1, -0.05) is 82.4 Å². The molecule has 1 aromatic carbocycles. The van der Waals surface area contributed by atoms with Gasteiger partial charge in [-0.3, -0.25) is 0 Å². The highest BCUT2D eigenvalue weighted by Crippen LogP contribution is 2.42. The minimum atomic E-state index is 0.991. The first kappa shape index (κ1) is 19.7. The van der Waals surface area contributed by atoms with E-state index in [4.69, 9.17) is 0 Å². The quantitative estimate of drug-likeness (QED) is 0.465. The van der Waals surface area contributed by atoms with Gasteiger partial charge in [0.25, 0.3) is 0 Å². The van der Waals surface area contributed by atoms with Crippen LogP contribution in [0.5, 0.6) is 0 Å². The third-order valence-corrected chi connectivity index (χ3v) is 7.47. The van der Waals surface area contributed by atoms with E-state index in [1.165, 1.54) is 81.8 Å². The van der Waals surface area contributed by atoms with Gasteiger partial charge in [-0.25, -0.2) is 0 Å². The maximum atomic E-state index is 2.40. The smallest absolute Gasteiger partial charge is 0.0260 e. The van der Waals surface area contributed by atoms with E-state index >= 15 is 0 Å². The Kier molecular flexibility index (Phi) is 7.84. The van der Waals surface area contributed by atoms with Gasteiger partial charge in [0, 0.05) is 0 Å². The van der Waals surface area contributed by atoms with Crippen LogP contribution in [-0.2, 0) is 6.42 Å². The number of allylic oxidation sites excluding steroid dienone is 1. The maximum absolute atomic E-state index is 2.40. The Labute approximate surface area is 162 Å². The summed E-state index contributed by atoms with van der Waals surface area (Å²) in [6.45, 7) is 4.60. The molecule has 0 nitrogen and oxygen atoms in total. The van der Waals surface area contributed by atoms with Crippen molar-refractivity contribution in [3.05, 3.63) is 41.5 Å². The summed E-state index contributed by atoms with van der Waals surface area (Å²) in [5.74, 6) is 4.18. The molecule has 0 atom stereocenters. The van der Waals surface area contributed by atoms with Crippen molar-refractivity contribution in [3.8, 4) is 0 Å². The molecule has 0 spiro atoms. The van der Waals surface area contributed by atoms with Crippen molar-refractivity contribution in [1.29, 1.82) is 0 Å². The topological polar surface area (TPSA) is 0 Å². The molecule has 0 N–H and O–H groups in total. The number of hydrogen-bond donors (Lipinski definition) is 0. The third kappa shape index (κ3) is 5.73. The molecule has 0 aromatic heterocycles. The zero-order valence-corrected chi connectivity index (χ0v) is 17.3. The average Bonchev–Trinajstić information content (AvgIpc) is 2.72. The molecule has 0 radical (unpaired) electrons. The van der Waals surface area contributed by atoms with E-state index in [-0.39, 0.29) is 0 Å². The summed E-state index contributed by atoms with van der Waals surface area (Å²) in [5.41, 5.74) is 2.79. The van der Waals surface area contributed by atoms with Gasteiger partial charge in [-0.15, -0.1) is 0 Å². The zero-order valence-electron chi connectivity index (χ0n) is 17.3. The summed E-state index contributed by atoms with van der Waals surface area (Å²) in [5, 5.41) is 0. The van der Waals surface area contributed by atoms with Gasteiger partial charge in [-0.2, -0.15) is 0 Å². The van der Waals surface area contributed by atoms with Crippen LogP contribution in [0.15, 0.2) is 30.3 Å². The normalized spacial score (nSPS) is 29.9. The minimum Gasteiger partial charge on any atom is -0.0839 e. The van der Waals surface area contributed by atoms with Crippen LogP contribution in [0.4, 0.5) is 0 Å². The van der Waals surface area contributed by atoms with E-state index in [0.29, 0.717) is 0 Å². The first-order valence-electron chi connectivity index (χ1n) is 11.5. The van der Waals surface area contributed by atoms with Crippen LogP contribution in [0.3, 0.4) is 0 Å². The molecule has 0 bridgehead atoms. The van der Waals surface area contributed by atoms with Crippen molar-refractivity contribution in [3.63, 3.8) is 0 Å². The van der Waals surface area contributed by atoms with E-state index in [0.717, 1.165) is 30.1 Å². The molecule has 0 heteroatoms. The van der Waals surface area contributed by atoms with Crippen LogP contribution in [0, 0.1) is 23.7 Å². The zero-order chi connectivity index (χ0) is 18.2. The maximum Gasteiger partial charge on any atom is -0.0260 e. The Hall–Kier alpha value is -1.04. The van der Waals surface area contributed by atoms with Gasteiger partial charge >= 0.3 is 0 Å². The van der Waals surface area contributed by atoms with E-state index < -0.39 is 0 Å². The molecular formula is C26H40. The Morgan fingerprint density at radius 3 is 1.88 bits per heavy atom. The fourth-order valence-electron chi connectivity index (χ4n) is 5.43. The molecule has 0 amide bonds. The van der Waals surface area contributed by atoms with E-state index in [2.05, 4.69) is 50.3 Å². The van der Waals surface area contributed by atoms with Crippen molar-refractivity contribution in [2.24, 2.45) is 23.7 Å². The van der Waals surface area contributed by atoms with Gasteiger partial charge in [-0.05, 0) is 79.7 Å². The second kappa shape index (κ2) is 10.3. The Balaban J connectivity index is 1.33. The van der Waals surface area contributed by atoms with Crippen molar-refractivity contribution in [2.75, 3.05) is 0 Å². The molecule has 0 saturated heterocycles. The van der Waals surface area contributed by atoms with Crippen LogP contribution in [0.1, 0.15) is 95.6 Å². The molecule has 2 fully saturated rings. The van der Waals surface area contributed by atoms with Gasteiger partial charge in [0.2, 0.25) is 0 Å². The SMILES string of the molecule is CCc1ccc(/C=C\CCC2CCC(C3CCC(CC)CC3)CC2)cc1. The van der Waals surface area contributed by atoms with E-state index in [1.807, 2.05) is 0 Å². The van der Waals surface area contributed by atoms with Crippen molar-refractivity contribution < 1.29 is 0 Å². The van der Waals surface area contributed by atoms with Crippen LogP contribution >= 0.6 is 0 Å². The summed E-state index contributed by atoms with van der Waals surface area (Å²) in [4.78, 5) is 0. The lowest BCUT2D eigenvalue weighted by Gasteiger charge is -2.37. The predicted molar refractivity (Wildman–Crippen MR) is 115 cm³/mol. The molecule has 2 aliphatic rings. The molecule has 2 saturated carbocycles. The highest BCUT2D eigenvalue weighted by Gasteiger charge is 2.30. The van der Waals surface area contributed by atoms with E-state index in [1.54, 1.807) is 0 Å². The van der Waals surface area contributed by atoms with Crippen molar-refractivity contribution in [1.82, 2.24) is 0 Å². The standard InChI is InChI=1S/C26H40/c1-3-21-9-11-23(12-10-21)7-5-6-8-24-15-19-26(20-16-24)25-17-13-22(4-2)14-18-25/h5,7,9-12,22,24-26H,3-4,6,8,13-20H2,1-2H3/b7-5-. The lowest BCUT2D eigenvalue weighted by atomic mass is 9.68. The largest absolute Gasteiger partial charge is 0.0839 e. The first-order valence-corrected chi connectivity index (χ1v) is 11.5. The van der Waals surface area contributed by atoms with Crippen LogP contribution < -0.4 is 0 Å². The average molecular weight is 353 g/mol. The summed E-state index contributed by atoms with van der Waals surface area (Å²) in [6.07, 6.45) is 22.1. The predicted octanol–water partition coefficient (Wildman–Crippen LogP) is 8.07. The molecular weight excluding hydrogens is 312 g/mol. The molecule has 3 rings (SSSR count). The molecule has 2 aliphatic carbocycles. The summed E-state index contributed by atoms with van der Waals surface area (Å²) in [7, 11) is 0. The lowest BCUT2D eigenvalue weighted by Crippen LogP contribution is -2.25. The second-order valence-corrected chi connectivity index (χ2v) is 9.04. The Morgan fingerprint density at radius 2 is 1.35 bits per heavy atom. The fourth-order valence-corrected chi connectivity index (χ4v) is 5.43. The van der Waals surface area contributed by atoms with Crippen LogP contribution in [0.2, 0.25) is 0 Å². The summed E-state index contributed by atoms with van der Waals surface area (Å²) in [6, 6.07) is 9.03. The van der Waals surface area contributed by atoms with Crippen molar-refractivity contribution >= 4 is 6.08 Å². The summed E-state index contributed by atoms with van der Waals surface area (Å²) >= 11 is 0. The van der Waals surface area contributed by atoms with Crippen molar-refractivity contribution in [2.45, 2.75) is 90.9 Å². The highest BCUT2D eigenvalue weighted by atomic mass is 14.4.